The zero-order chi connectivity index (χ0) is 13.8. The molecule has 0 aliphatic heterocycles. The number of hydrogen-bond donors (Lipinski definition) is 2. The van der Waals surface area contributed by atoms with Crippen LogP contribution < -0.4 is 15.4 Å². The van der Waals surface area contributed by atoms with E-state index in [2.05, 4.69) is 10.6 Å². The predicted octanol–water partition coefficient (Wildman–Crippen LogP) is 2.76. The van der Waals surface area contributed by atoms with Gasteiger partial charge in [-0.3, -0.25) is 0 Å². The van der Waals surface area contributed by atoms with Gasteiger partial charge in [0.1, 0.15) is 5.82 Å². The predicted molar refractivity (Wildman–Crippen MR) is 69.5 cm³/mol. The molecule has 0 saturated heterocycles. The molecule has 2 N–H and O–H groups in total. The van der Waals surface area contributed by atoms with Crippen molar-refractivity contribution in [3.05, 3.63) is 58.8 Å². The molecule has 1 heterocycles. The minimum Gasteiger partial charge on any atom is -0.618 e. The lowest BCUT2D eigenvalue weighted by atomic mass is 10.3. The number of amides is 2. The van der Waals surface area contributed by atoms with Crippen LogP contribution in [0.1, 0.15) is 0 Å². The van der Waals surface area contributed by atoms with E-state index in [0.717, 1.165) is 0 Å². The Morgan fingerprint density at radius 1 is 1.21 bits per heavy atom. The average Bonchev–Trinajstić information content (AvgIpc) is 2.34. The van der Waals surface area contributed by atoms with E-state index in [1.165, 1.54) is 36.5 Å². The van der Waals surface area contributed by atoms with Crippen LogP contribution in [0.3, 0.4) is 0 Å². The number of benzene rings is 1. The van der Waals surface area contributed by atoms with Gasteiger partial charge in [0.2, 0.25) is 0 Å². The summed E-state index contributed by atoms with van der Waals surface area (Å²) in [6.45, 7) is 0. The quantitative estimate of drug-likeness (QED) is 0.505. The van der Waals surface area contributed by atoms with E-state index in [9.17, 15) is 14.4 Å². The molecule has 2 amide bonds. The maximum Gasteiger partial charge on any atom is 0.323 e. The number of anilines is 2. The molecular weight excluding hydrogens is 273 g/mol. The minimum atomic E-state index is -0.565. The molecule has 0 unspecified atom stereocenters. The summed E-state index contributed by atoms with van der Waals surface area (Å²) in [5.74, 6) is -0.451. The number of aromatic nitrogens is 1. The van der Waals surface area contributed by atoms with Gasteiger partial charge in [-0.15, -0.1) is 0 Å². The van der Waals surface area contributed by atoms with Crippen molar-refractivity contribution in [2.45, 2.75) is 0 Å². The van der Waals surface area contributed by atoms with Crippen molar-refractivity contribution in [1.82, 2.24) is 0 Å². The summed E-state index contributed by atoms with van der Waals surface area (Å²) >= 11 is 5.61. The van der Waals surface area contributed by atoms with Gasteiger partial charge >= 0.3 is 6.03 Å². The number of rotatable bonds is 2. The van der Waals surface area contributed by atoms with E-state index in [-0.39, 0.29) is 5.15 Å². The molecule has 2 rings (SSSR count). The topological polar surface area (TPSA) is 68.1 Å². The normalized spacial score (nSPS) is 10.0. The summed E-state index contributed by atoms with van der Waals surface area (Å²) in [5.41, 5.74) is 0.671. The van der Waals surface area contributed by atoms with Crippen LogP contribution in [0.15, 0.2) is 42.6 Å². The third kappa shape index (κ3) is 3.56. The van der Waals surface area contributed by atoms with E-state index in [1.807, 2.05) is 0 Å². The highest BCUT2D eigenvalue weighted by Crippen LogP contribution is 2.12. The number of nitrogens with zero attached hydrogens (tertiary/aromatic N) is 1. The van der Waals surface area contributed by atoms with Gasteiger partial charge in [-0.05, 0) is 29.8 Å². The minimum absolute atomic E-state index is 0.0662. The first-order chi connectivity index (χ1) is 9.04. The third-order valence-corrected chi connectivity index (χ3v) is 2.49. The standard InChI is InChI=1S/C12H9ClFN3O2/c13-11-7-10(4-5-17(11)19)16-12(18)15-9-3-1-2-8(14)6-9/h1-7H,(H2,15,16,18). The molecule has 0 bridgehead atoms. The van der Waals surface area contributed by atoms with Gasteiger partial charge in [0, 0.05) is 17.8 Å². The number of carbonyl (C=O) groups excluding carboxylic acids is 1. The van der Waals surface area contributed by atoms with Crippen LogP contribution in [0.2, 0.25) is 5.15 Å². The molecule has 0 atom stereocenters. The molecule has 7 heteroatoms. The van der Waals surface area contributed by atoms with Crippen molar-refractivity contribution >= 4 is 29.0 Å². The lowest BCUT2D eigenvalue weighted by Gasteiger charge is -2.07. The van der Waals surface area contributed by atoms with E-state index in [0.29, 0.717) is 16.1 Å². The molecule has 0 fully saturated rings. The van der Waals surface area contributed by atoms with Crippen molar-refractivity contribution in [3.8, 4) is 0 Å². The van der Waals surface area contributed by atoms with E-state index in [4.69, 9.17) is 11.6 Å². The summed E-state index contributed by atoms with van der Waals surface area (Å²) in [5, 5.41) is 15.9. The fourth-order valence-corrected chi connectivity index (χ4v) is 1.57. The Morgan fingerprint density at radius 2 is 1.89 bits per heavy atom. The number of urea groups is 1. The summed E-state index contributed by atoms with van der Waals surface area (Å²) in [4.78, 5) is 11.6. The van der Waals surface area contributed by atoms with Gasteiger partial charge in [-0.25, -0.2) is 9.18 Å². The summed E-state index contributed by atoms with van der Waals surface area (Å²) in [6.07, 6.45) is 1.17. The molecule has 2 aromatic rings. The van der Waals surface area contributed by atoms with Gasteiger partial charge in [-0.1, -0.05) is 6.07 Å². The molecule has 0 aliphatic rings. The van der Waals surface area contributed by atoms with Gasteiger partial charge < -0.3 is 15.8 Å². The highest BCUT2D eigenvalue weighted by molar-refractivity contribution is 6.28. The number of pyridine rings is 1. The molecule has 0 spiro atoms. The summed E-state index contributed by atoms with van der Waals surface area (Å²) < 4.78 is 13.4. The molecule has 98 valence electrons. The summed E-state index contributed by atoms with van der Waals surface area (Å²) in [6, 6.07) is 7.61. The van der Waals surface area contributed by atoms with Crippen molar-refractivity contribution in [1.29, 1.82) is 0 Å². The monoisotopic (exact) mass is 281 g/mol. The Bertz CT molecular complexity index is 622. The summed E-state index contributed by atoms with van der Waals surface area (Å²) in [7, 11) is 0. The molecule has 5 nitrogen and oxygen atoms in total. The number of carbonyl (C=O) groups is 1. The SMILES string of the molecule is O=C(Nc1cccc(F)c1)Nc1cc[n+]([O-])c(Cl)c1. The van der Waals surface area contributed by atoms with Gasteiger partial charge in [0.25, 0.3) is 5.15 Å². The highest BCUT2D eigenvalue weighted by Gasteiger charge is 2.07. The first-order valence-corrected chi connectivity index (χ1v) is 5.65. The lowest BCUT2D eigenvalue weighted by molar-refractivity contribution is -0.602. The van der Waals surface area contributed by atoms with Crippen LogP contribution in [0, 0.1) is 11.0 Å². The second-order valence-corrected chi connectivity index (χ2v) is 4.04. The van der Waals surface area contributed by atoms with Crippen molar-refractivity contribution in [2.24, 2.45) is 0 Å². The van der Waals surface area contributed by atoms with Crippen LogP contribution in [0.5, 0.6) is 0 Å². The number of nitrogens with one attached hydrogen (secondary N) is 2. The molecule has 0 saturated carbocycles. The Balaban J connectivity index is 2.03. The van der Waals surface area contributed by atoms with E-state index >= 15 is 0 Å². The second-order valence-electron chi connectivity index (χ2n) is 3.65. The van der Waals surface area contributed by atoms with Gasteiger partial charge in [0.15, 0.2) is 6.20 Å². The number of halogens is 2. The van der Waals surface area contributed by atoms with E-state index < -0.39 is 11.8 Å². The largest absolute Gasteiger partial charge is 0.618 e. The molecule has 1 aromatic heterocycles. The molecule has 0 radical (unpaired) electrons. The molecule has 0 aliphatic carbocycles. The second kappa shape index (κ2) is 5.53. The van der Waals surface area contributed by atoms with Gasteiger partial charge in [0.05, 0.1) is 5.69 Å². The number of hydrogen-bond acceptors (Lipinski definition) is 2. The van der Waals surface area contributed by atoms with Crippen LogP contribution in [-0.2, 0) is 0 Å². The maximum atomic E-state index is 12.9. The fraction of sp³-hybridized carbons (Fsp3) is 0. The zero-order valence-electron chi connectivity index (χ0n) is 9.56. The van der Waals surface area contributed by atoms with Crippen molar-refractivity contribution < 1.29 is 13.9 Å². The first kappa shape index (κ1) is 13.1. The third-order valence-electron chi connectivity index (χ3n) is 2.21. The van der Waals surface area contributed by atoms with Crippen LogP contribution in [-0.4, -0.2) is 6.03 Å². The maximum absolute atomic E-state index is 12.9. The van der Waals surface area contributed by atoms with Gasteiger partial charge in [-0.2, -0.15) is 4.73 Å². The Morgan fingerprint density at radius 3 is 2.53 bits per heavy atom. The average molecular weight is 282 g/mol. The van der Waals surface area contributed by atoms with Crippen molar-refractivity contribution in [2.75, 3.05) is 10.6 Å². The van der Waals surface area contributed by atoms with Crippen LogP contribution in [0.4, 0.5) is 20.6 Å². The highest BCUT2D eigenvalue weighted by atomic mass is 35.5. The Kier molecular flexibility index (Phi) is 3.82. The molecule has 19 heavy (non-hydrogen) atoms. The Labute approximate surface area is 113 Å². The first-order valence-electron chi connectivity index (χ1n) is 5.27. The molecular formula is C12H9ClFN3O2. The molecule has 1 aromatic carbocycles. The smallest absolute Gasteiger partial charge is 0.323 e. The fourth-order valence-electron chi connectivity index (χ4n) is 1.40. The van der Waals surface area contributed by atoms with E-state index in [1.54, 1.807) is 6.07 Å². The zero-order valence-corrected chi connectivity index (χ0v) is 10.3. The lowest BCUT2D eigenvalue weighted by Crippen LogP contribution is -2.27. The van der Waals surface area contributed by atoms with Crippen molar-refractivity contribution in [3.63, 3.8) is 0 Å². The Hall–Kier alpha value is -2.34. The van der Waals surface area contributed by atoms with Crippen LogP contribution in [0.25, 0.3) is 0 Å². The van der Waals surface area contributed by atoms with Crippen LogP contribution >= 0.6 is 11.6 Å².